The number of aromatic amines is 1. The maximum Gasteiger partial charge on any atom is 0.295 e. The summed E-state index contributed by atoms with van der Waals surface area (Å²) in [7, 11) is 0. The van der Waals surface area contributed by atoms with E-state index in [1.807, 2.05) is 30.3 Å². The van der Waals surface area contributed by atoms with Crippen LogP contribution in [0.3, 0.4) is 0 Å². The average Bonchev–Trinajstić information content (AvgIpc) is 3.35. The molecule has 0 bridgehead atoms. The molecule has 0 fully saturated rings. The Hall–Kier alpha value is -4.51. The summed E-state index contributed by atoms with van der Waals surface area (Å²) in [5, 5.41) is 12.0. The molecule has 0 aliphatic carbocycles. The summed E-state index contributed by atoms with van der Waals surface area (Å²) in [4.78, 5) is 35.4. The molecule has 2 heterocycles. The first-order valence-corrected chi connectivity index (χ1v) is 13.4. The van der Waals surface area contributed by atoms with E-state index in [0.717, 1.165) is 16.3 Å². The maximum atomic E-state index is 13.1. The van der Waals surface area contributed by atoms with Gasteiger partial charge in [0.15, 0.2) is 5.82 Å². The number of nitrogens with one attached hydrogen (secondary N) is 2. The zero-order chi connectivity index (χ0) is 28.6. The Morgan fingerprint density at radius 2 is 1.85 bits per heavy atom. The van der Waals surface area contributed by atoms with Crippen LogP contribution in [0.25, 0.3) is 32.6 Å². The lowest BCUT2D eigenvalue weighted by Crippen LogP contribution is -2.26. The van der Waals surface area contributed by atoms with Crippen molar-refractivity contribution in [1.29, 1.82) is 0 Å². The molecule has 1 aliphatic heterocycles. The number of benzene rings is 3. The molecular formula is C28H30N8O3S. The Labute approximate surface area is 236 Å². The highest BCUT2D eigenvalue weighted by atomic mass is 32.1. The summed E-state index contributed by atoms with van der Waals surface area (Å²) in [6, 6.07) is 16.4. The number of fused-ring (bicyclic) bond motifs is 3. The number of nitrogens with zero attached hydrogens (tertiary/aromatic N) is 6. The first kappa shape index (κ1) is 28.5. The molecule has 40 heavy (non-hydrogen) atoms. The van der Waals surface area contributed by atoms with Crippen LogP contribution < -0.4 is 10.2 Å². The molecule has 3 aromatic carbocycles. The van der Waals surface area contributed by atoms with Gasteiger partial charge in [0.2, 0.25) is 11.8 Å². The van der Waals surface area contributed by atoms with E-state index < -0.39 is 5.91 Å². The quantitative estimate of drug-likeness (QED) is 0.0847. The summed E-state index contributed by atoms with van der Waals surface area (Å²) >= 11 is 4.95. The fourth-order valence-electron chi connectivity index (χ4n) is 4.52. The third-order valence-corrected chi connectivity index (χ3v) is 6.78. The number of azide groups is 1. The first-order valence-electron chi connectivity index (χ1n) is 13.0. The SMILES string of the molecule is CCN(CC)CC.[N-]=[N+]=NCc1ccc2ccc3c(c2c1)NC(=O)CC(=O)N3c1cccc(-c2noc(=S)[nH]2)c1. The molecule has 0 saturated heterocycles. The van der Waals surface area contributed by atoms with Gasteiger partial charge in [-0.05, 0) is 72.6 Å². The highest BCUT2D eigenvalue weighted by Crippen LogP contribution is 2.41. The molecule has 2 amide bonds. The van der Waals surface area contributed by atoms with Crippen LogP contribution in [-0.4, -0.2) is 46.5 Å². The summed E-state index contributed by atoms with van der Waals surface area (Å²) in [6.45, 7) is 10.3. The van der Waals surface area contributed by atoms with Crippen LogP contribution in [0.5, 0.6) is 0 Å². The molecule has 0 spiro atoms. The van der Waals surface area contributed by atoms with Crippen molar-refractivity contribution in [2.24, 2.45) is 5.11 Å². The van der Waals surface area contributed by atoms with E-state index in [1.54, 1.807) is 24.3 Å². The predicted octanol–water partition coefficient (Wildman–Crippen LogP) is 6.72. The molecule has 1 aromatic heterocycles. The number of rotatable bonds is 7. The van der Waals surface area contributed by atoms with Crippen molar-refractivity contribution in [3.05, 3.63) is 75.4 Å². The molecule has 0 unspecified atom stereocenters. The van der Waals surface area contributed by atoms with E-state index in [9.17, 15) is 9.59 Å². The molecule has 4 aromatic rings. The molecule has 0 radical (unpaired) electrons. The normalized spacial score (nSPS) is 12.8. The molecular weight excluding hydrogens is 528 g/mol. The lowest BCUT2D eigenvalue weighted by molar-refractivity contribution is -0.124. The zero-order valence-corrected chi connectivity index (χ0v) is 23.4. The van der Waals surface area contributed by atoms with Gasteiger partial charge in [-0.1, -0.05) is 61.4 Å². The van der Waals surface area contributed by atoms with Gasteiger partial charge in [0, 0.05) is 21.5 Å². The van der Waals surface area contributed by atoms with Gasteiger partial charge >= 0.3 is 0 Å². The van der Waals surface area contributed by atoms with E-state index in [-0.39, 0.29) is 23.7 Å². The molecule has 1 aliphatic rings. The molecule has 2 N–H and O–H groups in total. The summed E-state index contributed by atoms with van der Waals surface area (Å²) in [5.74, 6) is -0.353. The number of hydrogen-bond acceptors (Lipinski definition) is 7. The van der Waals surface area contributed by atoms with Crippen LogP contribution in [0, 0.1) is 4.84 Å². The average molecular weight is 559 g/mol. The number of H-pyrrole nitrogens is 1. The monoisotopic (exact) mass is 558 g/mol. The summed E-state index contributed by atoms with van der Waals surface area (Å²) < 4.78 is 4.95. The lowest BCUT2D eigenvalue weighted by atomic mass is 10.0. The molecule has 0 atom stereocenters. The highest BCUT2D eigenvalue weighted by Gasteiger charge is 2.29. The van der Waals surface area contributed by atoms with Crippen molar-refractivity contribution in [1.82, 2.24) is 15.0 Å². The van der Waals surface area contributed by atoms with Crippen LogP contribution in [0.15, 0.2) is 64.2 Å². The molecule has 11 nitrogen and oxygen atoms in total. The minimum atomic E-state index is -0.409. The van der Waals surface area contributed by atoms with E-state index in [0.29, 0.717) is 28.5 Å². The first-order chi connectivity index (χ1) is 19.4. The largest absolute Gasteiger partial charge is 0.324 e. The smallest absolute Gasteiger partial charge is 0.295 e. The van der Waals surface area contributed by atoms with E-state index in [4.69, 9.17) is 22.3 Å². The fourth-order valence-corrected chi connectivity index (χ4v) is 4.65. The Morgan fingerprint density at radius 1 is 1.10 bits per heavy atom. The van der Waals surface area contributed by atoms with Crippen LogP contribution in [0.1, 0.15) is 32.8 Å². The molecule has 0 saturated carbocycles. The second kappa shape index (κ2) is 13.0. The van der Waals surface area contributed by atoms with E-state index >= 15 is 0 Å². The highest BCUT2D eigenvalue weighted by molar-refractivity contribution is 7.71. The van der Waals surface area contributed by atoms with Gasteiger partial charge in [0.05, 0.1) is 17.9 Å². The van der Waals surface area contributed by atoms with Crippen molar-refractivity contribution in [2.45, 2.75) is 33.7 Å². The number of amides is 2. The number of carbonyl (C=O) groups is 2. The van der Waals surface area contributed by atoms with Crippen molar-refractivity contribution in [3.63, 3.8) is 0 Å². The van der Waals surface area contributed by atoms with Gasteiger partial charge < -0.3 is 14.7 Å². The number of hydrogen-bond donors (Lipinski definition) is 2. The summed E-state index contributed by atoms with van der Waals surface area (Å²) in [6.07, 6.45) is -0.314. The van der Waals surface area contributed by atoms with Crippen LogP contribution in [-0.2, 0) is 16.1 Å². The van der Waals surface area contributed by atoms with Gasteiger partial charge in [-0.2, -0.15) is 0 Å². The van der Waals surface area contributed by atoms with E-state index in [1.165, 1.54) is 24.5 Å². The van der Waals surface area contributed by atoms with Crippen LogP contribution in [0.2, 0.25) is 0 Å². The number of aromatic nitrogens is 2. The van der Waals surface area contributed by atoms with Gasteiger partial charge in [-0.25, -0.2) is 0 Å². The van der Waals surface area contributed by atoms with Gasteiger partial charge in [0.1, 0.15) is 6.42 Å². The Balaban J connectivity index is 0.000000470. The van der Waals surface area contributed by atoms with Gasteiger partial charge in [-0.3, -0.25) is 19.5 Å². The third-order valence-electron chi connectivity index (χ3n) is 6.61. The Bertz CT molecular complexity index is 1630. The number of carbonyl (C=O) groups excluding carboxylic acids is 2. The molecule has 5 rings (SSSR count). The number of anilines is 3. The van der Waals surface area contributed by atoms with Gasteiger partial charge in [0.25, 0.3) is 4.84 Å². The zero-order valence-electron chi connectivity index (χ0n) is 22.5. The van der Waals surface area contributed by atoms with Crippen molar-refractivity contribution >= 4 is 51.9 Å². The van der Waals surface area contributed by atoms with Gasteiger partial charge in [-0.15, -0.1) is 0 Å². The third kappa shape index (κ3) is 6.37. The topological polar surface area (TPSA) is 143 Å². The second-order valence-corrected chi connectivity index (χ2v) is 9.34. The molecule has 12 heteroatoms. The Kier molecular flexibility index (Phi) is 9.28. The van der Waals surface area contributed by atoms with Crippen molar-refractivity contribution in [2.75, 3.05) is 29.9 Å². The maximum absolute atomic E-state index is 13.1. The van der Waals surface area contributed by atoms with Crippen LogP contribution >= 0.6 is 12.2 Å². The second-order valence-electron chi connectivity index (χ2n) is 8.97. The van der Waals surface area contributed by atoms with Crippen molar-refractivity contribution < 1.29 is 14.1 Å². The minimum absolute atomic E-state index is 0.143. The lowest BCUT2D eigenvalue weighted by Gasteiger charge is -2.24. The standard InChI is InChI=1S/C22H15N7O3S.C6H15N/c23-28-24-11-12-4-5-13-6-7-17-20(16(13)8-12)25-18(30)10-19(31)29(17)15-3-1-2-14(9-15)21-26-22(33)32-27-21;1-4-7(5-2)6-3/h1-9H,10-11H2,(H,25,30)(H,26,27,33);4-6H2,1-3H3. The molecule has 206 valence electrons. The van der Waals surface area contributed by atoms with E-state index in [2.05, 4.69) is 51.2 Å². The van der Waals surface area contributed by atoms with Crippen LogP contribution in [0.4, 0.5) is 17.1 Å². The minimum Gasteiger partial charge on any atom is -0.324 e. The fraction of sp³-hybridized carbons (Fsp3) is 0.286. The Morgan fingerprint density at radius 3 is 2.50 bits per heavy atom. The summed E-state index contributed by atoms with van der Waals surface area (Å²) in [5.41, 5.74) is 11.7. The predicted molar refractivity (Wildman–Crippen MR) is 158 cm³/mol. The van der Waals surface area contributed by atoms with Crippen molar-refractivity contribution in [3.8, 4) is 11.4 Å².